The molecule has 0 bridgehead atoms. The monoisotopic (exact) mass is 326 g/mol. The van der Waals surface area contributed by atoms with Gasteiger partial charge in [0, 0.05) is 29.9 Å². The molecule has 0 saturated carbocycles. The Morgan fingerprint density at radius 3 is 2.37 bits per heavy atom. The van der Waals surface area contributed by atoms with Gasteiger partial charge in [-0.2, -0.15) is 0 Å². The van der Waals surface area contributed by atoms with Crippen LogP contribution in [0.1, 0.15) is 25.8 Å². The molecule has 0 heterocycles. The van der Waals surface area contributed by atoms with Crippen LogP contribution in [-0.4, -0.2) is 17.1 Å². The van der Waals surface area contributed by atoms with Gasteiger partial charge >= 0.3 is 0 Å². The Bertz CT molecular complexity index is 430. The molecule has 1 rings (SSSR count). The smallest absolute Gasteiger partial charge is 0.226 e. The normalized spacial score (nSPS) is 10.3. The van der Waals surface area contributed by atoms with Gasteiger partial charge in [0.2, 0.25) is 11.8 Å². The molecule has 0 aliphatic rings. The highest BCUT2D eigenvalue weighted by Gasteiger charge is 2.06. The zero-order chi connectivity index (χ0) is 14.3. The molecule has 0 atom stereocenters. The van der Waals surface area contributed by atoms with E-state index in [9.17, 15) is 9.59 Å². The van der Waals surface area contributed by atoms with E-state index >= 15 is 0 Å². The second-order valence-electron chi connectivity index (χ2n) is 4.56. The first-order valence-electron chi connectivity index (χ1n) is 6.25. The van der Waals surface area contributed by atoms with Gasteiger partial charge in [-0.05, 0) is 17.7 Å². The van der Waals surface area contributed by atoms with Gasteiger partial charge in [-0.15, -0.1) is 0 Å². The lowest BCUT2D eigenvalue weighted by Gasteiger charge is -2.09. The van der Waals surface area contributed by atoms with Crippen LogP contribution in [0.15, 0.2) is 24.3 Å². The van der Waals surface area contributed by atoms with Crippen LogP contribution in [0.25, 0.3) is 0 Å². The number of rotatable bonds is 6. The lowest BCUT2D eigenvalue weighted by atomic mass is 10.1. The second-order valence-corrected chi connectivity index (χ2v) is 5.35. The van der Waals surface area contributed by atoms with Gasteiger partial charge in [-0.1, -0.05) is 41.9 Å². The third kappa shape index (κ3) is 5.87. The molecule has 0 unspecified atom stereocenters. The summed E-state index contributed by atoms with van der Waals surface area (Å²) in [4.78, 5) is 22.8. The Hall–Kier alpha value is -1.36. The number of carbonyl (C=O) groups is 2. The first kappa shape index (κ1) is 15.7. The van der Waals surface area contributed by atoms with Crippen molar-refractivity contribution in [2.75, 3.05) is 10.6 Å². The number of hydrogen-bond acceptors (Lipinski definition) is 2. The van der Waals surface area contributed by atoms with Crippen molar-refractivity contribution in [3.8, 4) is 0 Å². The average molecular weight is 327 g/mol. The fourth-order valence-corrected chi connectivity index (χ4v) is 1.73. The van der Waals surface area contributed by atoms with Crippen LogP contribution in [-0.2, 0) is 16.1 Å². The SMILES string of the molecule is CC(C)C(=O)Nc1ccc(CNC(=O)CCBr)cc1. The van der Waals surface area contributed by atoms with Crippen LogP contribution >= 0.6 is 15.9 Å². The molecule has 19 heavy (non-hydrogen) atoms. The number of carbonyl (C=O) groups excluding carboxylic acids is 2. The lowest BCUT2D eigenvalue weighted by Crippen LogP contribution is -2.22. The predicted molar refractivity (Wildman–Crippen MR) is 80.2 cm³/mol. The van der Waals surface area contributed by atoms with Crippen LogP contribution in [0.4, 0.5) is 5.69 Å². The van der Waals surface area contributed by atoms with Gasteiger partial charge in [0.1, 0.15) is 0 Å². The van der Waals surface area contributed by atoms with E-state index in [1.165, 1.54) is 0 Å². The highest BCUT2D eigenvalue weighted by molar-refractivity contribution is 9.09. The van der Waals surface area contributed by atoms with Crippen molar-refractivity contribution >= 4 is 33.4 Å². The second kappa shape index (κ2) is 7.94. The van der Waals surface area contributed by atoms with E-state index in [4.69, 9.17) is 0 Å². The van der Waals surface area contributed by atoms with Gasteiger partial charge in [0.15, 0.2) is 0 Å². The molecule has 1 aromatic rings. The van der Waals surface area contributed by atoms with Gasteiger partial charge in [0.25, 0.3) is 0 Å². The van der Waals surface area contributed by atoms with Gasteiger partial charge in [0.05, 0.1) is 0 Å². The molecule has 0 fully saturated rings. The molecule has 2 N–H and O–H groups in total. The molecule has 0 aliphatic carbocycles. The molecular weight excluding hydrogens is 308 g/mol. The lowest BCUT2D eigenvalue weighted by molar-refractivity contribution is -0.121. The van der Waals surface area contributed by atoms with E-state index in [0.717, 1.165) is 11.3 Å². The fourth-order valence-electron chi connectivity index (χ4n) is 1.37. The third-order valence-electron chi connectivity index (χ3n) is 2.56. The minimum Gasteiger partial charge on any atom is -0.352 e. The Morgan fingerprint density at radius 1 is 1.21 bits per heavy atom. The van der Waals surface area contributed by atoms with Crippen molar-refractivity contribution in [1.29, 1.82) is 0 Å². The largest absolute Gasteiger partial charge is 0.352 e. The molecule has 0 saturated heterocycles. The van der Waals surface area contributed by atoms with E-state index in [2.05, 4.69) is 26.6 Å². The summed E-state index contributed by atoms with van der Waals surface area (Å²) in [6.07, 6.45) is 0.475. The zero-order valence-corrected chi connectivity index (χ0v) is 12.8. The van der Waals surface area contributed by atoms with Crippen LogP contribution in [0.5, 0.6) is 0 Å². The van der Waals surface area contributed by atoms with Crippen LogP contribution in [0, 0.1) is 5.92 Å². The van der Waals surface area contributed by atoms with Crippen LogP contribution in [0.2, 0.25) is 0 Å². The maximum absolute atomic E-state index is 11.5. The standard InChI is InChI=1S/C14H19BrN2O2/c1-10(2)14(19)17-12-5-3-11(4-6-12)9-16-13(18)7-8-15/h3-6,10H,7-9H2,1-2H3,(H,16,18)(H,17,19). The average Bonchev–Trinajstić information content (AvgIpc) is 2.38. The topological polar surface area (TPSA) is 58.2 Å². The number of hydrogen-bond donors (Lipinski definition) is 2. The van der Waals surface area contributed by atoms with Crippen molar-refractivity contribution in [1.82, 2.24) is 5.32 Å². The Balaban J connectivity index is 2.47. The number of alkyl halides is 1. The number of nitrogens with one attached hydrogen (secondary N) is 2. The van der Waals surface area contributed by atoms with Crippen molar-refractivity contribution in [3.63, 3.8) is 0 Å². The molecule has 0 aromatic heterocycles. The highest BCUT2D eigenvalue weighted by atomic mass is 79.9. The molecule has 0 radical (unpaired) electrons. The third-order valence-corrected chi connectivity index (χ3v) is 2.95. The fraction of sp³-hybridized carbons (Fsp3) is 0.429. The molecule has 1 aromatic carbocycles. The van der Waals surface area contributed by atoms with Crippen LogP contribution < -0.4 is 10.6 Å². The van der Waals surface area contributed by atoms with E-state index in [1.54, 1.807) is 0 Å². The molecule has 4 nitrogen and oxygen atoms in total. The Morgan fingerprint density at radius 2 is 1.84 bits per heavy atom. The molecule has 0 aliphatic heterocycles. The molecule has 104 valence electrons. The molecule has 5 heteroatoms. The molecular formula is C14H19BrN2O2. The Labute approximate surface area is 122 Å². The summed E-state index contributed by atoms with van der Waals surface area (Å²) in [5.41, 5.74) is 1.78. The summed E-state index contributed by atoms with van der Waals surface area (Å²) in [5.74, 6) is -0.0179. The van der Waals surface area contributed by atoms with Crippen molar-refractivity contribution in [3.05, 3.63) is 29.8 Å². The summed E-state index contributed by atoms with van der Waals surface area (Å²) >= 11 is 3.22. The Kier molecular flexibility index (Phi) is 6.56. The maximum Gasteiger partial charge on any atom is 0.226 e. The van der Waals surface area contributed by atoms with E-state index in [-0.39, 0.29) is 17.7 Å². The van der Waals surface area contributed by atoms with E-state index in [0.29, 0.717) is 18.3 Å². The molecule has 0 spiro atoms. The quantitative estimate of drug-likeness (QED) is 0.789. The number of anilines is 1. The highest BCUT2D eigenvalue weighted by Crippen LogP contribution is 2.11. The van der Waals surface area contributed by atoms with Gasteiger partial charge in [-0.25, -0.2) is 0 Å². The van der Waals surface area contributed by atoms with Crippen molar-refractivity contribution < 1.29 is 9.59 Å². The minimum atomic E-state index is -0.0387. The van der Waals surface area contributed by atoms with Crippen molar-refractivity contribution in [2.24, 2.45) is 5.92 Å². The van der Waals surface area contributed by atoms with Crippen LogP contribution in [0.3, 0.4) is 0 Å². The first-order chi connectivity index (χ1) is 9.02. The minimum absolute atomic E-state index is 0.00151. The first-order valence-corrected chi connectivity index (χ1v) is 7.37. The number of amides is 2. The van der Waals surface area contributed by atoms with Gasteiger partial charge < -0.3 is 10.6 Å². The summed E-state index contributed by atoms with van der Waals surface area (Å²) in [6.45, 7) is 4.20. The number of benzene rings is 1. The predicted octanol–water partition coefficient (Wildman–Crippen LogP) is 2.68. The summed E-state index contributed by atoms with van der Waals surface area (Å²) < 4.78 is 0. The zero-order valence-electron chi connectivity index (χ0n) is 11.2. The van der Waals surface area contributed by atoms with Gasteiger partial charge in [-0.3, -0.25) is 9.59 Å². The maximum atomic E-state index is 11.5. The number of halogens is 1. The molecule has 2 amide bonds. The summed E-state index contributed by atoms with van der Waals surface area (Å²) in [5, 5.41) is 6.31. The van der Waals surface area contributed by atoms with E-state index < -0.39 is 0 Å². The summed E-state index contributed by atoms with van der Waals surface area (Å²) in [6, 6.07) is 7.47. The van der Waals surface area contributed by atoms with Crippen molar-refractivity contribution in [2.45, 2.75) is 26.8 Å². The summed E-state index contributed by atoms with van der Waals surface area (Å²) in [7, 11) is 0. The van der Waals surface area contributed by atoms with E-state index in [1.807, 2.05) is 38.1 Å².